The van der Waals surface area contributed by atoms with Crippen molar-refractivity contribution in [3.8, 4) is 29.0 Å². The molecule has 5 aromatic rings. The number of phenols is 1. The van der Waals surface area contributed by atoms with E-state index in [9.17, 15) is 19.8 Å². The minimum atomic E-state index is -0.833. The molecular formula is C59H74N12O8. The lowest BCUT2D eigenvalue weighted by Crippen LogP contribution is -2.54. The molecule has 0 radical (unpaired) electrons. The number of aliphatic hydroxyl groups excluding tert-OH is 1. The average molecular weight is 1080 g/mol. The SMILES string of the molecule is CC(C)[C@@H](C(=O)N1C[C@H](O)C[C@H]1C(=O)N[C@@H](C)c1ccc(C#N)cc1)c1cc(N2CCC(OCCN3CCC(OC4CC(Oc5cc(N6C7CC[C@@H]6CN(c6cc(-c8ccccc8O)nnc6N)C7)ccn5)C4)CC3)CC2)no1. The minimum Gasteiger partial charge on any atom is -0.507 e. The average Bonchev–Trinajstić information content (AvgIpc) is 4.33. The van der Waals surface area contributed by atoms with Gasteiger partial charge in [-0.2, -0.15) is 5.26 Å². The Balaban J connectivity index is 0.577. The standard InChI is InChI=1S/C59H74N12O8/c1-36(2)56(59(75)70-35-43(72)27-51(70)58(74)63-37(3)39-10-8-38(32-60)9-11-39)53-31-54(66-79-53)68-22-17-44(18-23-68)76-25-24-67-20-15-45(16-21-67)77-46-28-47(29-46)78-55-26-40(14-19-62-55)71-41-12-13-42(71)34-69(33-41)50-30-49(64-65-57(50)61)48-6-4-5-7-52(48)73/h4-11,14,19,26,30-31,36-37,41-47,51,56,72-73H,12-13,15-18,20-25,27-29,33-35H2,1-3H3,(H2,61,65)(H,63,74)/t37-,41+,42?,43+,46?,47?,51-,56+/m0/s1. The van der Waals surface area contributed by atoms with Crippen molar-refractivity contribution in [2.45, 2.75) is 139 Å². The number of hydrogen-bond donors (Lipinski definition) is 4. The first-order chi connectivity index (χ1) is 38.3. The van der Waals surface area contributed by atoms with Gasteiger partial charge in [0.1, 0.15) is 23.8 Å². The van der Waals surface area contributed by atoms with Crippen LogP contribution in [0.3, 0.4) is 0 Å². The maximum absolute atomic E-state index is 14.2. The number of β-amino-alcohol motifs (C(OH)–C–C–N with tert-alkyl or cyclic N) is 1. The highest BCUT2D eigenvalue weighted by atomic mass is 16.5. The third kappa shape index (κ3) is 12.1. The first-order valence-electron chi connectivity index (χ1n) is 28.4. The Bertz CT molecular complexity index is 2940. The van der Waals surface area contributed by atoms with Gasteiger partial charge in [-0.1, -0.05) is 43.3 Å². The molecule has 79 heavy (non-hydrogen) atoms. The number of aromatic hydroxyl groups is 1. The maximum atomic E-state index is 14.2. The number of rotatable bonds is 18. The first kappa shape index (κ1) is 53.9. The summed E-state index contributed by atoms with van der Waals surface area (Å²) in [4.78, 5) is 43.4. The summed E-state index contributed by atoms with van der Waals surface area (Å²) < 4.78 is 25.3. The van der Waals surface area contributed by atoms with Crippen molar-refractivity contribution < 1.29 is 38.5 Å². The van der Waals surface area contributed by atoms with Gasteiger partial charge in [-0.15, -0.1) is 10.2 Å². The monoisotopic (exact) mass is 1080 g/mol. The van der Waals surface area contributed by atoms with Crippen LogP contribution in [0.2, 0.25) is 0 Å². The van der Waals surface area contributed by atoms with Gasteiger partial charge in [0, 0.05) is 113 Å². The number of phenolic OH excluding ortho intramolecular Hbond substituents is 1. The minimum absolute atomic E-state index is 0.0557. The number of para-hydroxylation sites is 1. The van der Waals surface area contributed by atoms with Gasteiger partial charge in [-0.3, -0.25) is 9.59 Å². The molecule has 1 aliphatic carbocycles. The number of hydrogen-bond acceptors (Lipinski definition) is 18. The number of fused-ring (bicyclic) bond motifs is 2. The summed E-state index contributed by atoms with van der Waals surface area (Å²) in [5, 5.41) is 46.3. The quantitative estimate of drug-likeness (QED) is 0.0763. The molecular weight excluding hydrogens is 1000 g/mol. The zero-order chi connectivity index (χ0) is 54.7. The summed E-state index contributed by atoms with van der Waals surface area (Å²) in [5.74, 6) is 0.882. The van der Waals surface area contributed by atoms with Crippen LogP contribution < -0.4 is 30.5 Å². The van der Waals surface area contributed by atoms with Crippen LogP contribution in [0.4, 0.5) is 23.0 Å². The van der Waals surface area contributed by atoms with E-state index in [-0.39, 0.29) is 66.9 Å². The Morgan fingerprint density at radius 1 is 0.848 bits per heavy atom. The third-order valence-electron chi connectivity index (χ3n) is 17.1. The molecule has 3 aromatic heterocycles. The summed E-state index contributed by atoms with van der Waals surface area (Å²) in [5.41, 5.74) is 11.0. The summed E-state index contributed by atoms with van der Waals surface area (Å²) in [7, 11) is 0. The number of nitrogens with two attached hydrogens (primary N) is 1. The van der Waals surface area contributed by atoms with Gasteiger partial charge in [0.25, 0.3) is 0 Å². The molecule has 6 atom stereocenters. The third-order valence-corrected chi connectivity index (χ3v) is 17.1. The Morgan fingerprint density at radius 2 is 1.58 bits per heavy atom. The number of benzene rings is 2. The second kappa shape index (κ2) is 23.7. The van der Waals surface area contributed by atoms with Crippen molar-refractivity contribution in [2.24, 2.45) is 5.92 Å². The number of carbonyl (C=O) groups excluding carboxylic acids is 2. The Morgan fingerprint density at radius 3 is 2.30 bits per heavy atom. The number of ether oxygens (including phenoxy) is 3. The topological polar surface area (TPSA) is 245 Å². The molecule has 5 saturated heterocycles. The van der Waals surface area contributed by atoms with Gasteiger partial charge in [-0.25, -0.2) is 4.98 Å². The lowest BCUT2D eigenvalue weighted by Gasteiger charge is -2.43. The molecule has 6 fully saturated rings. The molecule has 1 saturated carbocycles. The van der Waals surface area contributed by atoms with E-state index in [1.54, 1.807) is 36.4 Å². The number of likely N-dealkylation sites (tertiary alicyclic amines) is 2. The molecule has 20 heteroatoms. The number of nitrogen functional groups attached to an aromatic ring is 1. The van der Waals surface area contributed by atoms with Crippen LogP contribution in [0, 0.1) is 17.2 Å². The fourth-order valence-corrected chi connectivity index (χ4v) is 12.7. The van der Waals surface area contributed by atoms with Crippen LogP contribution >= 0.6 is 0 Å². The molecule has 8 heterocycles. The van der Waals surface area contributed by atoms with Crippen LogP contribution in [0.5, 0.6) is 11.6 Å². The van der Waals surface area contributed by atoms with E-state index in [0.29, 0.717) is 58.8 Å². The second-order valence-corrected chi connectivity index (χ2v) is 22.8. The van der Waals surface area contributed by atoms with Gasteiger partial charge in [0.15, 0.2) is 17.4 Å². The Hall–Kier alpha value is -7.05. The smallest absolute Gasteiger partial charge is 0.243 e. The van der Waals surface area contributed by atoms with Gasteiger partial charge in [0.2, 0.25) is 17.7 Å². The van der Waals surface area contributed by atoms with E-state index in [0.717, 1.165) is 114 Å². The number of amides is 2. The van der Waals surface area contributed by atoms with Gasteiger partial charge in [-0.05, 0) is 93.3 Å². The van der Waals surface area contributed by atoms with Crippen LogP contribution in [0.15, 0.2) is 83.5 Å². The number of piperidine rings is 2. The highest BCUT2D eigenvalue weighted by Gasteiger charge is 2.45. The fourth-order valence-electron chi connectivity index (χ4n) is 12.7. The van der Waals surface area contributed by atoms with E-state index in [4.69, 9.17) is 29.7 Å². The number of anilines is 4. The molecule has 2 aromatic carbocycles. The van der Waals surface area contributed by atoms with Crippen LogP contribution in [0.1, 0.15) is 107 Å². The lowest BCUT2D eigenvalue weighted by atomic mass is 9.91. The number of nitriles is 1. The van der Waals surface area contributed by atoms with E-state index in [1.165, 1.54) is 4.90 Å². The van der Waals surface area contributed by atoms with E-state index in [2.05, 4.69) is 63.5 Å². The van der Waals surface area contributed by atoms with Crippen molar-refractivity contribution in [1.82, 2.24) is 35.5 Å². The highest BCUT2D eigenvalue weighted by Crippen LogP contribution is 2.41. The number of nitrogens with one attached hydrogen (secondary N) is 1. The largest absolute Gasteiger partial charge is 0.507 e. The van der Waals surface area contributed by atoms with Crippen molar-refractivity contribution in [3.63, 3.8) is 0 Å². The van der Waals surface area contributed by atoms with E-state index >= 15 is 0 Å². The number of nitrogens with zero attached hydrogens (tertiary/aromatic N) is 10. The maximum Gasteiger partial charge on any atom is 0.243 e. The van der Waals surface area contributed by atoms with E-state index in [1.807, 2.05) is 51.2 Å². The number of aromatic nitrogens is 4. The van der Waals surface area contributed by atoms with Crippen LogP contribution in [-0.2, 0) is 19.1 Å². The van der Waals surface area contributed by atoms with Gasteiger partial charge >= 0.3 is 0 Å². The van der Waals surface area contributed by atoms with Gasteiger partial charge in [0.05, 0.1) is 60.1 Å². The molecule has 0 spiro atoms. The van der Waals surface area contributed by atoms with Crippen LogP contribution in [-0.4, -0.2) is 160 Å². The predicted octanol–water partition coefficient (Wildman–Crippen LogP) is 6.20. The molecule has 20 nitrogen and oxygen atoms in total. The Kier molecular flexibility index (Phi) is 16.2. The number of pyridine rings is 1. The Labute approximate surface area is 461 Å². The van der Waals surface area contributed by atoms with Crippen molar-refractivity contribution in [3.05, 3.63) is 95.9 Å². The second-order valence-electron chi connectivity index (χ2n) is 22.8. The molecule has 2 bridgehead atoms. The first-order valence-corrected chi connectivity index (χ1v) is 28.4. The molecule has 5 aliphatic heterocycles. The molecule has 1 unspecified atom stereocenters. The zero-order valence-electron chi connectivity index (χ0n) is 45.5. The molecule has 2 amide bonds. The fraction of sp³-hybridized carbons (Fsp3) is 0.542. The summed E-state index contributed by atoms with van der Waals surface area (Å²) >= 11 is 0. The summed E-state index contributed by atoms with van der Waals surface area (Å²) in [6, 6.07) is 23.6. The normalized spacial score (nSPS) is 24.6. The van der Waals surface area contributed by atoms with Gasteiger partial charge < -0.3 is 64.5 Å². The van der Waals surface area contributed by atoms with Crippen LogP contribution in [0.25, 0.3) is 11.3 Å². The van der Waals surface area contributed by atoms with Crippen molar-refractivity contribution >= 4 is 34.8 Å². The lowest BCUT2D eigenvalue weighted by molar-refractivity contribution is -0.141. The summed E-state index contributed by atoms with van der Waals surface area (Å²) in [6.45, 7) is 12.4. The number of piperazine rings is 1. The molecule has 6 aliphatic rings. The highest BCUT2D eigenvalue weighted by molar-refractivity contribution is 5.91. The van der Waals surface area contributed by atoms with E-state index < -0.39 is 18.1 Å². The number of carbonyl (C=O) groups is 2. The summed E-state index contributed by atoms with van der Waals surface area (Å²) in [6.07, 6.45) is 9.43. The van der Waals surface area contributed by atoms with Crippen molar-refractivity contribution in [1.29, 1.82) is 5.26 Å². The number of aliphatic hydroxyl groups is 1. The molecule has 418 valence electrons. The molecule has 11 rings (SSSR count). The molecule has 5 N–H and O–H groups in total. The van der Waals surface area contributed by atoms with Crippen molar-refractivity contribution in [2.75, 3.05) is 79.4 Å². The zero-order valence-corrected chi connectivity index (χ0v) is 45.5. The predicted molar refractivity (Wildman–Crippen MR) is 296 cm³/mol.